The maximum Gasteiger partial charge on any atom is 0.221 e. The van der Waals surface area contributed by atoms with Gasteiger partial charge in [-0.15, -0.1) is 0 Å². The number of rotatable bonds is 8. The van der Waals surface area contributed by atoms with Crippen LogP contribution in [0.1, 0.15) is 58.3 Å². The van der Waals surface area contributed by atoms with Crippen LogP contribution in [0.25, 0.3) is 0 Å². The molecular weight excluding hydrogens is 240 g/mol. The molecule has 1 atom stereocenters. The van der Waals surface area contributed by atoms with Crippen molar-refractivity contribution in [2.75, 3.05) is 20.2 Å². The fourth-order valence-electron chi connectivity index (χ4n) is 3.00. The fourth-order valence-corrected chi connectivity index (χ4v) is 3.00. The van der Waals surface area contributed by atoms with Crippen LogP contribution in [0.15, 0.2) is 0 Å². The van der Waals surface area contributed by atoms with E-state index in [2.05, 4.69) is 17.6 Å². The van der Waals surface area contributed by atoms with Crippen LogP contribution in [0.3, 0.4) is 0 Å². The average Bonchev–Trinajstić information content (AvgIpc) is 2.44. The van der Waals surface area contributed by atoms with Crippen molar-refractivity contribution in [1.29, 1.82) is 0 Å². The predicted octanol–water partition coefficient (Wildman–Crippen LogP) is 1.82. The number of hydrogen-bond donors (Lipinski definition) is 3. The van der Waals surface area contributed by atoms with Gasteiger partial charge in [0.15, 0.2) is 0 Å². The molecule has 0 heterocycles. The fraction of sp³-hybridized carbons (Fsp3) is 0.933. The number of nitrogens with one attached hydrogen (secondary N) is 2. The highest BCUT2D eigenvalue weighted by atomic mass is 16.3. The molecule has 1 saturated carbocycles. The third-order valence-corrected chi connectivity index (χ3v) is 4.54. The zero-order valence-electron chi connectivity index (χ0n) is 12.5. The third-order valence-electron chi connectivity index (χ3n) is 4.54. The van der Waals surface area contributed by atoms with Crippen LogP contribution in [-0.4, -0.2) is 36.8 Å². The summed E-state index contributed by atoms with van der Waals surface area (Å²) in [7, 11) is 1.97. The van der Waals surface area contributed by atoms with Crippen molar-refractivity contribution >= 4 is 5.91 Å². The van der Waals surface area contributed by atoms with Gasteiger partial charge in [0.1, 0.15) is 0 Å². The highest BCUT2D eigenvalue weighted by molar-refractivity contribution is 5.77. The molecule has 112 valence electrons. The molecule has 1 amide bonds. The van der Waals surface area contributed by atoms with Crippen LogP contribution in [-0.2, 0) is 4.79 Å². The van der Waals surface area contributed by atoms with Crippen molar-refractivity contribution < 1.29 is 9.90 Å². The van der Waals surface area contributed by atoms with Crippen LogP contribution in [0, 0.1) is 5.92 Å². The molecule has 19 heavy (non-hydrogen) atoms. The lowest BCUT2D eigenvalue weighted by Crippen LogP contribution is -2.48. The van der Waals surface area contributed by atoms with Crippen molar-refractivity contribution in [3.63, 3.8) is 0 Å². The Morgan fingerprint density at radius 2 is 2.00 bits per heavy atom. The molecule has 0 radical (unpaired) electrons. The van der Waals surface area contributed by atoms with Crippen molar-refractivity contribution in [1.82, 2.24) is 10.6 Å². The summed E-state index contributed by atoms with van der Waals surface area (Å²) in [5.41, 5.74) is 0.0149. The largest absolute Gasteiger partial charge is 0.396 e. The Morgan fingerprint density at radius 3 is 2.53 bits per heavy atom. The van der Waals surface area contributed by atoms with Gasteiger partial charge in [-0.1, -0.05) is 32.6 Å². The van der Waals surface area contributed by atoms with Crippen molar-refractivity contribution in [3.05, 3.63) is 0 Å². The van der Waals surface area contributed by atoms with Crippen LogP contribution in [0.5, 0.6) is 0 Å². The van der Waals surface area contributed by atoms with E-state index in [1.807, 2.05) is 7.05 Å². The van der Waals surface area contributed by atoms with Gasteiger partial charge in [-0.05, 0) is 32.2 Å². The number of carbonyl (C=O) groups is 1. The summed E-state index contributed by atoms with van der Waals surface area (Å²) >= 11 is 0. The van der Waals surface area contributed by atoms with E-state index in [0.29, 0.717) is 18.9 Å². The van der Waals surface area contributed by atoms with E-state index in [9.17, 15) is 4.79 Å². The molecule has 4 heteroatoms. The van der Waals surface area contributed by atoms with Gasteiger partial charge in [-0.25, -0.2) is 0 Å². The van der Waals surface area contributed by atoms with E-state index >= 15 is 0 Å². The smallest absolute Gasteiger partial charge is 0.221 e. The second kappa shape index (κ2) is 8.54. The standard InChI is InChI=1S/C15H30N2O2/c1-3-13(7-10-18)12-17-14(19)11-15(16-2)8-5-4-6-9-15/h13,16,18H,3-12H2,1-2H3,(H,17,19). The molecule has 0 aromatic carbocycles. The first-order chi connectivity index (χ1) is 9.15. The quantitative estimate of drug-likeness (QED) is 0.630. The minimum Gasteiger partial charge on any atom is -0.396 e. The van der Waals surface area contributed by atoms with Gasteiger partial charge in [0.2, 0.25) is 5.91 Å². The zero-order valence-corrected chi connectivity index (χ0v) is 12.5. The maximum atomic E-state index is 12.1. The van der Waals surface area contributed by atoms with E-state index < -0.39 is 0 Å². The Bertz CT molecular complexity index is 263. The molecule has 0 bridgehead atoms. The van der Waals surface area contributed by atoms with E-state index in [-0.39, 0.29) is 18.1 Å². The number of aliphatic hydroxyl groups excluding tert-OH is 1. The Morgan fingerprint density at radius 1 is 1.32 bits per heavy atom. The third kappa shape index (κ3) is 5.49. The Hall–Kier alpha value is -0.610. The monoisotopic (exact) mass is 270 g/mol. The molecule has 1 unspecified atom stereocenters. The second-order valence-corrected chi connectivity index (χ2v) is 5.86. The summed E-state index contributed by atoms with van der Waals surface area (Å²) in [6, 6.07) is 0. The summed E-state index contributed by atoms with van der Waals surface area (Å²) in [5, 5.41) is 15.4. The lowest BCUT2D eigenvalue weighted by molar-refractivity contribution is -0.123. The molecule has 4 nitrogen and oxygen atoms in total. The molecule has 3 N–H and O–H groups in total. The number of aliphatic hydroxyl groups is 1. The molecule has 0 aromatic rings. The van der Waals surface area contributed by atoms with Crippen LogP contribution >= 0.6 is 0 Å². The second-order valence-electron chi connectivity index (χ2n) is 5.86. The predicted molar refractivity (Wildman–Crippen MR) is 78.0 cm³/mol. The molecule has 0 aliphatic heterocycles. The van der Waals surface area contributed by atoms with Crippen molar-refractivity contribution in [3.8, 4) is 0 Å². The van der Waals surface area contributed by atoms with E-state index in [0.717, 1.165) is 25.7 Å². The average molecular weight is 270 g/mol. The Labute approximate surface area is 117 Å². The Balaban J connectivity index is 2.36. The highest BCUT2D eigenvalue weighted by Gasteiger charge is 2.32. The number of carbonyl (C=O) groups excluding carboxylic acids is 1. The number of hydrogen-bond acceptors (Lipinski definition) is 3. The van der Waals surface area contributed by atoms with Crippen molar-refractivity contribution in [2.24, 2.45) is 5.92 Å². The van der Waals surface area contributed by atoms with Crippen LogP contribution in [0.4, 0.5) is 0 Å². The van der Waals surface area contributed by atoms with Gasteiger partial charge in [-0.2, -0.15) is 0 Å². The summed E-state index contributed by atoms with van der Waals surface area (Å²) in [6.07, 6.45) is 8.28. The molecule has 1 aliphatic rings. The summed E-state index contributed by atoms with van der Waals surface area (Å²) in [5.74, 6) is 0.540. The lowest BCUT2D eigenvalue weighted by Gasteiger charge is -2.36. The topological polar surface area (TPSA) is 61.4 Å². The molecule has 1 aliphatic carbocycles. The lowest BCUT2D eigenvalue weighted by atomic mass is 9.79. The van der Waals surface area contributed by atoms with Crippen LogP contribution in [0.2, 0.25) is 0 Å². The van der Waals surface area contributed by atoms with E-state index in [1.165, 1.54) is 19.3 Å². The maximum absolute atomic E-state index is 12.1. The molecule has 0 aromatic heterocycles. The van der Waals surface area contributed by atoms with E-state index in [4.69, 9.17) is 5.11 Å². The highest BCUT2D eigenvalue weighted by Crippen LogP contribution is 2.30. The molecule has 0 saturated heterocycles. The SMILES string of the molecule is CCC(CCO)CNC(=O)CC1(NC)CCCCC1. The molecular formula is C15H30N2O2. The Kier molecular flexibility index (Phi) is 7.39. The summed E-state index contributed by atoms with van der Waals surface area (Å²) in [4.78, 5) is 12.1. The van der Waals surface area contributed by atoms with Crippen LogP contribution < -0.4 is 10.6 Å². The first-order valence-electron chi connectivity index (χ1n) is 7.72. The van der Waals surface area contributed by atoms with Gasteiger partial charge in [0, 0.05) is 25.1 Å². The first kappa shape index (κ1) is 16.4. The zero-order chi connectivity index (χ0) is 14.1. The van der Waals surface area contributed by atoms with Gasteiger partial charge in [-0.3, -0.25) is 4.79 Å². The molecule has 1 fully saturated rings. The van der Waals surface area contributed by atoms with Gasteiger partial charge < -0.3 is 15.7 Å². The van der Waals surface area contributed by atoms with Gasteiger partial charge in [0.25, 0.3) is 0 Å². The molecule has 1 rings (SSSR count). The van der Waals surface area contributed by atoms with Gasteiger partial charge in [0.05, 0.1) is 0 Å². The van der Waals surface area contributed by atoms with Crippen molar-refractivity contribution in [2.45, 2.75) is 63.8 Å². The number of amides is 1. The van der Waals surface area contributed by atoms with E-state index in [1.54, 1.807) is 0 Å². The molecule has 0 spiro atoms. The summed E-state index contributed by atoms with van der Waals surface area (Å²) in [6.45, 7) is 2.99. The first-order valence-corrected chi connectivity index (χ1v) is 7.72. The summed E-state index contributed by atoms with van der Waals surface area (Å²) < 4.78 is 0. The minimum atomic E-state index is 0.0149. The van der Waals surface area contributed by atoms with Gasteiger partial charge >= 0.3 is 0 Å². The minimum absolute atomic E-state index is 0.0149. The normalized spacial score (nSPS) is 19.9.